The van der Waals surface area contributed by atoms with E-state index >= 15 is 0 Å². The summed E-state index contributed by atoms with van der Waals surface area (Å²) in [6.45, 7) is 3.45. The maximum Gasteiger partial charge on any atom is 0.257 e. The lowest BCUT2D eigenvalue weighted by atomic mass is 10.1. The average molecular weight is 287 g/mol. The molecule has 106 valence electrons. The number of anilines is 1. The fourth-order valence-corrected chi connectivity index (χ4v) is 1.93. The quantitative estimate of drug-likeness (QED) is 0.827. The van der Waals surface area contributed by atoms with Crippen molar-refractivity contribution in [3.8, 4) is 5.75 Å². The van der Waals surface area contributed by atoms with Crippen LogP contribution in [0.5, 0.6) is 5.75 Å². The van der Waals surface area contributed by atoms with Crippen LogP contribution in [0.4, 0.5) is 5.69 Å². The number of rotatable bonds is 4. The molecule has 0 aliphatic heterocycles. The van der Waals surface area contributed by atoms with Crippen LogP contribution in [0.2, 0.25) is 5.02 Å². The van der Waals surface area contributed by atoms with Crippen molar-refractivity contribution < 1.29 is 14.6 Å². The molecule has 0 fully saturated rings. The Morgan fingerprint density at radius 2 is 2.11 bits per heavy atom. The second-order valence-electron chi connectivity index (χ2n) is 5.05. The third kappa shape index (κ3) is 4.01. The number of nitrogens with two attached hydrogens (primary N) is 1. The van der Waals surface area contributed by atoms with E-state index in [1.165, 1.54) is 24.1 Å². The first kappa shape index (κ1) is 15.6. The van der Waals surface area contributed by atoms with Gasteiger partial charge in [0.1, 0.15) is 5.75 Å². The van der Waals surface area contributed by atoms with E-state index in [0.717, 1.165) is 0 Å². The van der Waals surface area contributed by atoms with Gasteiger partial charge in [0.05, 0.1) is 29.0 Å². The molecule has 0 aliphatic rings. The van der Waals surface area contributed by atoms with E-state index < -0.39 is 5.60 Å². The Hall–Kier alpha value is -1.46. The van der Waals surface area contributed by atoms with Crippen molar-refractivity contribution in [2.75, 3.05) is 26.4 Å². The molecular formula is C13H19ClN2O3. The molecule has 0 saturated heterocycles. The number of carbonyl (C=O) groups is 1. The third-order valence-electron chi connectivity index (χ3n) is 2.52. The predicted octanol–water partition coefficient (Wildman–Crippen LogP) is 1.77. The highest BCUT2D eigenvalue weighted by molar-refractivity contribution is 6.33. The molecule has 1 rings (SSSR count). The number of methoxy groups -OCH3 is 1. The van der Waals surface area contributed by atoms with Crippen molar-refractivity contribution in [2.45, 2.75) is 19.4 Å². The SMILES string of the molecule is COc1cc(N)c(Cl)cc1C(=O)N(C)CC(C)(C)O. The van der Waals surface area contributed by atoms with Crippen LogP contribution in [0.1, 0.15) is 24.2 Å². The molecule has 0 atom stereocenters. The molecule has 0 saturated carbocycles. The zero-order valence-corrected chi connectivity index (χ0v) is 12.3. The van der Waals surface area contributed by atoms with E-state index in [4.69, 9.17) is 22.1 Å². The normalized spacial score (nSPS) is 11.3. The van der Waals surface area contributed by atoms with Gasteiger partial charge in [0.2, 0.25) is 0 Å². The van der Waals surface area contributed by atoms with Gasteiger partial charge in [-0.15, -0.1) is 0 Å². The number of likely N-dealkylation sites (N-methyl/N-ethyl adjacent to an activating group) is 1. The van der Waals surface area contributed by atoms with Gasteiger partial charge in [-0.2, -0.15) is 0 Å². The van der Waals surface area contributed by atoms with Crippen LogP contribution in [0.3, 0.4) is 0 Å². The molecule has 0 radical (unpaired) electrons. The Morgan fingerprint density at radius 3 is 2.58 bits per heavy atom. The monoisotopic (exact) mass is 286 g/mol. The number of amides is 1. The highest BCUT2D eigenvalue weighted by Gasteiger charge is 2.23. The number of benzene rings is 1. The maximum absolute atomic E-state index is 12.3. The molecule has 1 amide bonds. The van der Waals surface area contributed by atoms with Gasteiger partial charge in [-0.05, 0) is 19.9 Å². The number of nitrogen functional groups attached to an aromatic ring is 1. The molecule has 1 aromatic rings. The fourth-order valence-electron chi connectivity index (χ4n) is 1.76. The van der Waals surface area contributed by atoms with Crippen LogP contribution in [0, 0.1) is 0 Å². The summed E-state index contributed by atoms with van der Waals surface area (Å²) < 4.78 is 5.13. The summed E-state index contributed by atoms with van der Waals surface area (Å²) in [5, 5.41) is 10.0. The standard InChI is InChI=1S/C13H19ClN2O3/c1-13(2,18)7-16(3)12(17)8-5-9(14)10(15)6-11(8)19-4/h5-6,18H,7,15H2,1-4H3. The minimum Gasteiger partial charge on any atom is -0.496 e. The van der Waals surface area contributed by atoms with E-state index in [1.54, 1.807) is 20.9 Å². The van der Waals surface area contributed by atoms with Crippen molar-refractivity contribution in [1.29, 1.82) is 0 Å². The van der Waals surface area contributed by atoms with Gasteiger partial charge < -0.3 is 20.5 Å². The lowest BCUT2D eigenvalue weighted by Crippen LogP contribution is -2.39. The molecular weight excluding hydrogens is 268 g/mol. The Labute approximate surface area is 117 Å². The topological polar surface area (TPSA) is 75.8 Å². The number of hydrogen-bond donors (Lipinski definition) is 2. The van der Waals surface area contributed by atoms with Crippen molar-refractivity contribution in [3.63, 3.8) is 0 Å². The molecule has 0 aromatic heterocycles. The summed E-state index contributed by atoms with van der Waals surface area (Å²) in [7, 11) is 3.06. The summed E-state index contributed by atoms with van der Waals surface area (Å²) in [6.07, 6.45) is 0. The van der Waals surface area contributed by atoms with Gasteiger partial charge in [0.15, 0.2) is 0 Å². The lowest BCUT2D eigenvalue weighted by Gasteiger charge is -2.26. The second-order valence-corrected chi connectivity index (χ2v) is 5.45. The largest absolute Gasteiger partial charge is 0.496 e. The molecule has 0 spiro atoms. The Balaban J connectivity index is 3.08. The minimum absolute atomic E-state index is 0.191. The van der Waals surface area contributed by atoms with E-state index in [-0.39, 0.29) is 12.5 Å². The molecule has 0 aliphatic carbocycles. The molecule has 0 bridgehead atoms. The zero-order chi connectivity index (χ0) is 14.8. The van der Waals surface area contributed by atoms with Crippen molar-refractivity contribution in [2.24, 2.45) is 0 Å². The van der Waals surface area contributed by atoms with Crippen LogP contribution in [0.25, 0.3) is 0 Å². The van der Waals surface area contributed by atoms with Gasteiger partial charge in [-0.25, -0.2) is 0 Å². The maximum atomic E-state index is 12.3. The average Bonchev–Trinajstić information content (AvgIpc) is 2.28. The van der Waals surface area contributed by atoms with Crippen molar-refractivity contribution >= 4 is 23.2 Å². The number of nitrogens with zero attached hydrogens (tertiary/aromatic N) is 1. The number of aliphatic hydroxyl groups is 1. The summed E-state index contributed by atoms with van der Waals surface area (Å²) in [5.41, 5.74) is 5.35. The molecule has 0 unspecified atom stereocenters. The van der Waals surface area contributed by atoms with E-state index in [2.05, 4.69) is 0 Å². The van der Waals surface area contributed by atoms with Crippen molar-refractivity contribution in [1.82, 2.24) is 4.90 Å². The van der Waals surface area contributed by atoms with Gasteiger partial charge in [-0.3, -0.25) is 4.79 Å². The number of carbonyl (C=O) groups excluding carboxylic acids is 1. The third-order valence-corrected chi connectivity index (χ3v) is 2.85. The van der Waals surface area contributed by atoms with Crippen molar-refractivity contribution in [3.05, 3.63) is 22.7 Å². The molecule has 19 heavy (non-hydrogen) atoms. The van der Waals surface area contributed by atoms with E-state index in [0.29, 0.717) is 22.0 Å². The van der Waals surface area contributed by atoms with Crippen LogP contribution >= 0.6 is 11.6 Å². The van der Waals surface area contributed by atoms with Crippen LogP contribution in [-0.2, 0) is 0 Å². The first-order valence-electron chi connectivity index (χ1n) is 5.76. The summed E-state index contributed by atoms with van der Waals surface area (Å²) in [5.74, 6) is 0.0652. The first-order chi connectivity index (χ1) is 8.65. The predicted molar refractivity (Wildman–Crippen MR) is 75.7 cm³/mol. The van der Waals surface area contributed by atoms with Gasteiger partial charge in [0.25, 0.3) is 5.91 Å². The highest BCUT2D eigenvalue weighted by Crippen LogP contribution is 2.29. The van der Waals surface area contributed by atoms with Gasteiger partial charge in [0, 0.05) is 19.7 Å². The second kappa shape index (κ2) is 5.67. The number of halogens is 1. The number of ether oxygens (including phenoxy) is 1. The lowest BCUT2D eigenvalue weighted by molar-refractivity contribution is 0.0366. The van der Waals surface area contributed by atoms with Crippen LogP contribution < -0.4 is 10.5 Å². The van der Waals surface area contributed by atoms with E-state index in [1.807, 2.05) is 0 Å². The molecule has 5 nitrogen and oxygen atoms in total. The van der Waals surface area contributed by atoms with E-state index in [9.17, 15) is 9.90 Å². The summed E-state index contributed by atoms with van der Waals surface area (Å²) in [6, 6.07) is 2.98. The van der Waals surface area contributed by atoms with Gasteiger partial charge in [-0.1, -0.05) is 11.6 Å². The summed E-state index contributed by atoms with van der Waals surface area (Å²) >= 11 is 5.92. The fraction of sp³-hybridized carbons (Fsp3) is 0.462. The summed E-state index contributed by atoms with van der Waals surface area (Å²) in [4.78, 5) is 13.7. The Morgan fingerprint density at radius 1 is 1.53 bits per heavy atom. The highest BCUT2D eigenvalue weighted by atomic mass is 35.5. The Bertz CT molecular complexity index is 484. The zero-order valence-electron chi connectivity index (χ0n) is 11.5. The van der Waals surface area contributed by atoms with Crippen LogP contribution in [0.15, 0.2) is 12.1 Å². The molecule has 1 aromatic carbocycles. The van der Waals surface area contributed by atoms with Crippen LogP contribution in [-0.4, -0.2) is 42.2 Å². The smallest absolute Gasteiger partial charge is 0.257 e. The molecule has 0 heterocycles. The molecule has 3 N–H and O–H groups in total. The Kier molecular flexibility index (Phi) is 4.66. The van der Waals surface area contributed by atoms with Gasteiger partial charge >= 0.3 is 0 Å². The molecule has 6 heteroatoms. The minimum atomic E-state index is -0.977. The number of hydrogen-bond acceptors (Lipinski definition) is 4. The first-order valence-corrected chi connectivity index (χ1v) is 6.14.